The number of hydrogen-bond acceptors (Lipinski definition) is 3. The minimum atomic E-state index is 0.529. The maximum absolute atomic E-state index is 5.62. The molecule has 1 aromatic carbocycles. The number of rotatable bonds is 8. The molecule has 1 atom stereocenters. The summed E-state index contributed by atoms with van der Waals surface area (Å²) in [5.74, 6) is 2.49. The molecule has 5 heteroatoms. The van der Waals surface area contributed by atoms with Gasteiger partial charge in [-0.15, -0.1) is 0 Å². The van der Waals surface area contributed by atoms with Crippen LogP contribution in [0.3, 0.4) is 0 Å². The van der Waals surface area contributed by atoms with Crippen LogP contribution in [0.5, 0.6) is 0 Å². The van der Waals surface area contributed by atoms with Crippen LogP contribution in [0.4, 0.5) is 0 Å². The molecular formula is C21H29N3O2. The summed E-state index contributed by atoms with van der Waals surface area (Å²) in [5.41, 5.74) is 1.43. The van der Waals surface area contributed by atoms with Gasteiger partial charge in [0.15, 0.2) is 5.96 Å². The van der Waals surface area contributed by atoms with Gasteiger partial charge in [0.2, 0.25) is 0 Å². The van der Waals surface area contributed by atoms with Crippen LogP contribution in [0.25, 0.3) is 0 Å². The Labute approximate surface area is 156 Å². The average molecular weight is 355 g/mol. The van der Waals surface area contributed by atoms with Crippen molar-refractivity contribution < 1.29 is 9.15 Å². The van der Waals surface area contributed by atoms with Crippen molar-refractivity contribution in [2.24, 2.45) is 4.99 Å². The summed E-state index contributed by atoms with van der Waals surface area (Å²) in [6, 6.07) is 14.6. The smallest absolute Gasteiger partial charge is 0.193 e. The molecule has 1 aliphatic heterocycles. The second-order valence-corrected chi connectivity index (χ2v) is 6.56. The highest BCUT2D eigenvalue weighted by atomic mass is 16.5. The van der Waals surface area contributed by atoms with Crippen molar-refractivity contribution in [1.29, 1.82) is 0 Å². The van der Waals surface area contributed by atoms with Gasteiger partial charge in [-0.2, -0.15) is 0 Å². The van der Waals surface area contributed by atoms with Gasteiger partial charge in [-0.05, 0) is 37.5 Å². The van der Waals surface area contributed by atoms with Gasteiger partial charge in [0.1, 0.15) is 12.4 Å². The lowest BCUT2D eigenvalue weighted by Crippen LogP contribution is -2.40. The first-order chi connectivity index (χ1) is 12.9. The van der Waals surface area contributed by atoms with Gasteiger partial charge < -0.3 is 19.4 Å². The normalized spacial score (nSPS) is 17.7. The number of nitrogens with zero attached hydrogens (tertiary/aromatic N) is 2. The summed E-state index contributed by atoms with van der Waals surface area (Å²) < 4.78 is 10.9. The molecule has 0 radical (unpaired) electrons. The molecule has 0 spiro atoms. The molecule has 0 bridgehead atoms. The van der Waals surface area contributed by atoms with Crippen LogP contribution in [0, 0.1) is 0 Å². The standard InChI is InChI=1S/C21H29N3O2/c1-2-22-21(23-12-7-14-25-17-20-10-6-15-26-20)24-13-11-19(16-24)18-8-4-3-5-9-18/h3-6,8-10,15,19H,2,7,11-14,16-17H2,1H3,(H,22,23). The van der Waals surface area contributed by atoms with E-state index in [4.69, 9.17) is 14.1 Å². The van der Waals surface area contributed by atoms with E-state index < -0.39 is 0 Å². The van der Waals surface area contributed by atoms with Crippen molar-refractivity contribution in [3.05, 3.63) is 60.1 Å². The number of aliphatic imine (C=N–C) groups is 1. The van der Waals surface area contributed by atoms with E-state index in [-0.39, 0.29) is 0 Å². The third-order valence-electron chi connectivity index (χ3n) is 4.63. The third-order valence-corrected chi connectivity index (χ3v) is 4.63. The monoisotopic (exact) mass is 355 g/mol. The highest BCUT2D eigenvalue weighted by molar-refractivity contribution is 5.80. The van der Waals surface area contributed by atoms with Crippen molar-refractivity contribution in [1.82, 2.24) is 10.2 Å². The Bertz CT molecular complexity index is 655. The van der Waals surface area contributed by atoms with Gasteiger partial charge in [0.05, 0.1) is 6.26 Å². The molecule has 1 unspecified atom stereocenters. The summed E-state index contributed by atoms with van der Waals surface area (Å²) >= 11 is 0. The lowest BCUT2D eigenvalue weighted by Gasteiger charge is -2.21. The van der Waals surface area contributed by atoms with E-state index in [9.17, 15) is 0 Å². The lowest BCUT2D eigenvalue weighted by atomic mass is 9.99. The second kappa shape index (κ2) is 10.0. The SMILES string of the molecule is CCNC(=NCCCOCc1ccco1)N1CCC(c2ccccc2)C1. The first-order valence-corrected chi connectivity index (χ1v) is 9.55. The van der Waals surface area contributed by atoms with Crippen molar-refractivity contribution >= 4 is 5.96 Å². The molecule has 0 aliphatic carbocycles. The highest BCUT2D eigenvalue weighted by Gasteiger charge is 2.25. The fourth-order valence-electron chi connectivity index (χ4n) is 3.29. The summed E-state index contributed by atoms with van der Waals surface area (Å²) in [7, 11) is 0. The number of benzene rings is 1. The molecule has 140 valence electrons. The van der Waals surface area contributed by atoms with Crippen LogP contribution >= 0.6 is 0 Å². The minimum Gasteiger partial charge on any atom is -0.467 e. The maximum Gasteiger partial charge on any atom is 0.193 e. The fraction of sp³-hybridized carbons (Fsp3) is 0.476. The average Bonchev–Trinajstić information content (AvgIpc) is 3.36. The Hall–Kier alpha value is -2.27. The number of likely N-dealkylation sites (tertiary alicyclic amines) is 1. The largest absolute Gasteiger partial charge is 0.467 e. The maximum atomic E-state index is 5.62. The van der Waals surface area contributed by atoms with Gasteiger partial charge in [0, 0.05) is 38.7 Å². The summed E-state index contributed by atoms with van der Waals surface area (Å²) in [5, 5.41) is 3.43. The van der Waals surface area contributed by atoms with E-state index in [0.717, 1.165) is 44.3 Å². The predicted octanol–water partition coefficient (Wildman–Crippen LogP) is 3.64. The highest BCUT2D eigenvalue weighted by Crippen LogP contribution is 2.26. The molecule has 5 nitrogen and oxygen atoms in total. The van der Waals surface area contributed by atoms with Gasteiger partial charge in [-0.3, -0.25) is 4.99 Å². The van der Waals surface area contributed by atoms with Gasteiger partial charge in [0.25, 0.3) is 0 Å². The fourth-order valence-corrected chi connectivity index (χ4v) is 3.29. The molecular weight excluding hydrogens is 326 g/mol. The predicted molar refractivity (Wildman–Crippen MR) is 104 cm³/mol. The molecule has 2 heterocycles. The van der Waals surface area contributed by atoms with E-state index in [1.807, 2.05) is 12.1 Å². The van der Waals surface area contributed by atoms with Gasteiger partial charge in [-0.25, -0.2) is 0 Å². The molecule has 26 heavy (non-hydrogen) atoms. The molecule has 2 aromatic rings. The molecule has 0 amide bonds. The summed E-state index contributed by atoms with van der Waals surface area (Å²) in [4.78, 5) is 7.17. The van der Waals surface area contributed by atoms with Crippen molar-refractivity contribution in [2.75, 3.05) is 32.8 Å². The van der Waals surface area contributed by atoms with Crippen molar-refractivity contribution in [2.45, 2.75) is 32.3 Å². The molecule has 3 rings (SSSR count). The van der Waals surface area contributed by atoms with Crippen LogP contribution in [-0.4, -0.2) is 43.6 Å². The van der Waals surface area contributed by atoms with Gasteiger partial charge >= 0.3 is 0 Å². The molecule has 1 N–H and O–H groups in total. The molecule has 1 aliphatic rings. The van der Waals surface area contributed by atoms with Crippen LogP contribution in [-0.2, 0) is 11.3 Å². The first kappa shape index (κ1) is 18.5. The van der Waals surface area contributed by atoms with E-state index in [1.165, 1.54) is 12.0 Å². The minimum absolute atomic E-state index is 0.529. The number of nitrogens with one attached hydrogen (secondary N) is 1. The van der Waals surface area contributed by atoms with Crippen LogP contribution in [0.15, 0.2) is 58.1 Å². The Balaban J connectivity index is 1.43. The number of ether oxygens (including phenoxy) is 1. The van der Waals surface area contributed by atoms with Crippen LogP contribution in [0.1, 0.15) is 37.0 Å². The summed E-state index contributed by atoms with van der Waals surface area (Å²) in [6.07, 6.45) is 3.76. The third kappa shape index (κ3) is 5.36. The first-order valence-electron chi connectivity index (χ1n) is 9.55. The molecule has 1 aromatic heterocycles. The Morgan fingerprint density at radius 1 is 1.27 bits per heavy atom. The number of hydrogen-bond donors (Lipinski definition) is 1. The van der Waals surface area contributed by atoms with Crippen molar-refractivity contribution in [3.63, 3.8) is 0 Å². The van der Waals surface area contributed by atoms with E-state index in [2.05, 4.69) is 47.5 Å². The zero-order valence-electron chi connectivity index (χ0n) is 15.6. The molecule has 1 fully saturated rings. The van der Waals surface area contributed by atoms with E-state index >= 15 is 0 Å². The zero-order valence-corrected chi connectivity index (χ0v) is 15.6. The van der Waals surface area contributed by atoms with Crippen LogP contribution < -0.4 is 5.32 Å². The Kier molecular flexibility index (Phi) is 7.14. The van der Waals surface area contributed by atoms with Crippen molar-refractivity contribution in [3.8, 4) is 0 Å². The van der Waals surface area contributed by atoms with Gasteiger partial charge in [-0.1, -0.05) is 30.3 Å². The summed E-state index contributed by atoms with van der Waals surface area (Å²) in [6.45, 7) is 7.09. The molecule has 1 saturated heterocycles. The zero-order chi connectivity index (χ0) is 18.0. The van der Waals surface area contributed by atoms with Crippen LogP contribution in [0.2, 0.25) is 0 Å². The number of furan rings is 1. The Morgan fingerprint density at radius 2 is 2.15 bits per heavy atom. The Morgan fingerprint density at radius 3 is 2.92 bits per heavy atom. The quantitative estimate of drug-likeness (QED) is 0.446. The topological polar surface area (TPSA) is 50.0 Å². The second-order valence-electron chi connectivity index (χ2n) is 6.56. The lowest BCUT2D eigenvalue weighted by molar-refractivity contribution is 0.105. The number of guanidine groups is 1. The van der Waals surface area contributed by atoms with E-state index in [1.54, 1.807) is 6.26 Å². The molecule has 0 saturated carbocycles. The van der Waals surface area contributed by atoms with E-state index in [0.29, 0.717) is 19.1 Å².